The fraction of sp³-hybridized carbons (Fsp3) is 0.167. The summed E-state index contributed by atoms with van der Waals surface area (Å²) in [6.45, 7) is 0.594. The first kappa shape index (κ1) is 19.8. The lowest BCUT2D eigenvalue weighted by Gasteiger charge is -2.10. The minimum Gasteiger partial charge on any atom is -0.318 e. The summed E-state index contributed by atoms with van der Waals surface area (Å²) in [5.41, 5.74) is 0.579. The van der Waals surface area contributed by atoms with Crippen molar-refractivity contribution >= 4 is 50.6 Å². The fourth-order valence-electron chi connectivity index (χ4n) is 2.49. The van der Waals surface area contributed by atoms with E-state index in [-0.39, 0.29) is 10.6 Å². The molecule has 0 saturated carbocycles. The highest BCUT2D eigenvalue weighted by molar-refractivity contribution is 7.90. The van der Waals surface area contributed by atoms with Gasteiger partial charge < -0.3 is 10.6 Å². The normalized spacial score (nSPS) is 13.5. The van der Waals surface area contributed by atoms with Crippen LogP contribution in [0.1, 0.15) is 12.8 Å². The van der Waals surface area contributed by atoms with E-state index in [0.717, 1.165) is 6.42 Å². The van der Waals surface area contributed by atoms with Crippen molar-refractivity contribution in [3.05, 3.63) is 53.6 Å². The summed E-state index contributed by atoms with van der Waals surface area (Å²) in [5, 5.41) is 5.30. The van der Waals surface area contributed by atoms with Gasteiger partial charge in [-0.25, -0.2) is 8.42 Å². The first-order valence-electron chi connectivity index (χ1n) is 8.37. The van der Waals surface area contributed by atoms with Crippen LogP contribution in [0.15, 0.2) is 58.4 Å². The molecule has 0 unspecified atom stereocenters. The SMILES string of the molecule is O=C(Nc1ccc(Cl)cc1)C(=O)Nc1cccc(S(=O)(=O)NC2=NCCC2)c1. The van der Waals surface area contributed by atoms with Crippen LogP contribution in [0.3, 0.4) is 0 Å². The molecule has 2 amide bonds. The fourth-order valence-corrected chi connectivity index (χ4v) is 3.75. The Balaban J connectivity index is 1.67. The maximum Gasteiger partial charge on any atom is 0.314 e. The third-order valence-electron chi connectivity index (χ3n) is 3.84. The molecular weight excluding hydrogens is 404 g/mol. The van der Waals surface area contributed by atoms with Crippen molar-refractivity contribution < 1.29 is 18.0 Å². The summed E-state index contributed by atoms with van der Waals surface area (Å²) in [6, 6.07) is 11.9. The average Bonchev–Trinajstić information content (AvgIpc) is 3.16. The van der Waals surface area contributed by atoms with E-state index >= 15 is 0 Å². The Morgan fingerprint density at radius 1 is 0.964 bits per heavy atom. The van der Waals surface area contributed by atoms with Crippen molar-refractivity contribution in [3.63, 3.8) is 0 Å². The van der Waals surface area contributed by atoms with Crippen molar-refractivity contribution in [2.45, 2.75) is 17.7 Å². The molecule has 0 fully saturated rings. The Hall–Kier alpha value is -2.91. The summed E-state index contributed by atoms with van der Waals surface area (Å²) < 4.78 is 27.3. The number of hydrogen-bond acceptors (Lipinski definition) is 5. The number of nitrogens with zero attached hydrogens (tertiary/aromatic N) is 1. The third kappa shape index (κ3) is 5.08. The number of carbonyl (C=O) groups excluding carboxylic acids is 2. The number of rotatable bonds is 4. The van der Waals surface area contributed by atoms with Gasteiger partial charge in [-0.15, -0.1) is 0 Å². The molecule has 28 heavy (non-hydrogen) atoms. The molecule has 0 aliphatic carbocycles. The number of amides is 2. The quantitative estimate of drug-likeness (QED) is 0.658. The second kappa shape index (κ2) is 8.41. The van der Waals surface area contributed by atoms with E-state index < -0.39 is 21.8 Å². The molecule has 10 heteroatoms. The molecule has 0 spiro atoms. The van der Waals surface area contributed by atoms with Crippen molar-refractivity contribution in [2.75, 3.05) is 17.2 Å². The first-order chi connectivity index (χ1) is 13.3. The molecule has 2 aromatic rings. The van der Waals surface area contributed by atoms with Crippen LogP contribution < -0.4 is 15.4 Å². The lowest BCUT2D eigenvalue weighted by molar-refractivity contribution is -0.133. The maximum absolute atomic E-state index is 12.4. The maximum atomic E-state index is 12.4. The minimum absolute atomic E-state index is 0.0435. The number of sulfonamides is 1. The second-order valence-corrected chi connectivity index (χ2v) is 8.10. The third-order valence-corrected chi connectivity index (χ3v) is 5.47. The molecule has 0 atom stereocenters. The second-order valence-electron chi connectivity index (χ2n) is 5.98. The molecule has 2 aromatic carbocycles. The zero-order valence-electron chi connectivity index (χ0n) is 14.6. The van der Waals surface area contributed by atoms with E-state index in [1.54, 1.807) is 24.3 Å². The van der Waals surface area contributed by atoms with E-state index in [0.29, 0.717) is 29.5 Å². The van der Waals surface area contributed by atoms with Crippen LogP contribution in [0.4, 0.5) is 11.4 Å². The molecule has 0 radical (unpaired) electrons. The monoisotopic (exact) mass is 420 g/mol. The van der Waals surface area contributed by atoms with Crippen LogP contribution in [0.5, 0.6) is 0 Å². The number of hydrogen-bond donors (Lipinski definition) is 3. The van der Waals surface area contributed by atoms with Gasteiger partial charge in [0.1, 0.15) is 5.84 Å². The number of benzene rings is 2. The Labute approximate surface area is 167 Å². The van der Waals surface area contributed by atoms with Gasteiger partial charge in [0.15, 0.2) is 0 Å². The van der Waals surface area contributed by atoms with E-state index in [1.807, 2.05) is 0 Å². The largest absolute Gasteiger partial charge is 0.318 e. The molecule has 146 valence electrons. The first-order valence-corrected chi connectivity index (χ1v) is 10.2. The molecule has 3 rings (SSSR count). The molecule has 8 nitrogen and oxygen atoms in total. The number of anilines is 2. The van der Waals surface area contributed by atoms with Gasteiger partial charge >= 0.3 is 11.8 Å². The van der Waals surface area contributed by atoms with E-state index in [1.165, 1.54) is 24.3 Å². The van der Waals surface area contributed by atoms with E-state index in [2.05, 4.69) is 20.3 Å². The number of nitrogens with one attached hydrogen (secondary N) is 3. The molecule has 1 aliphatic heterocycles. The molecular formula is C18H17ClN4O4S. The standard InChI is InChI=1S/C18H17ClN4O4S/c19-12-6-8-13(9-7-12)21-17(24)18(25)22-14-3-1-4-15(11-14)28(26,27)23-16-5-2-10-20-16/h1,3-4,6-9,11H,2,5,10H2,(H,20,23)(H,21,24)(H,22,25). The molecule has 1 heterocycles. The molecule has 0 aromatic heterocycles. The average molecular weight is 421 g/mol. The van der Waals surface area contributed by atoms with Crippen molar-refractivity contribution in [1.29, 1.82) is 0 Å². The molecule has 1 aliphatic rings. The highest BCUT2D eigenvalue weighted by atomic mass is 35.5. The van der Waals surface area contributed by atoms with E-state index in [9.17, 15) is 18.0 Å². The minimum atomic E-state index is -3.82. The van der Waals surface area contributed by atoms with Gasteiger partial charge in [-0.3, -0.25) is 19.3 Å². The topological polar surface area (TPSA) is 117 Å². The highest BCUT2D eigenvalue weighted by Crippen LogP contribution is 2.17. The van der Waals surface area contributed by atoms with Crippen LogP contribution in [-0.2, 0) is 19.6 Å². The van der Waals surface area contributed by atoms with Crippen LogP contribution in [-0.4, -0.2) is 32.6 Å². The van der Waals surface area contributed by atoms with Crippen molar-refractivity contribution in [2.24, 2.45) is 4.99 Å². The van der Waals surface area contributed by atoms with Crippen molar-refractivity contribution in [1.82, 2.24) is 4.72 Å². The predicted octanol–water partition coefficient (Wildman–Crippen LogP) is 2.39. The smallest absolute Gasteiger partial charge is 0.314 e. The van der Waals surface area contributed by atoms with E-state index in [4.69, 9.17) is 11.6 Å². The van der Waals surface area contributed by atoms with Crippen LogP contribution in [0, 0.1) is 0 Å². The van der Waals surface area contributed by atoms with Gasteiger partial charge in [-0.05, 0) is 48.9 Å². The van der Waals surface area contributed by atoms with Crippen LogP contribution in [0.25, 0.3) is 0 Å². The summed E-state index contributed by atoms with van der Waals surface area (Å²) in [4.78, 5) is 28.1. The van der Waals surface area contributed by atoms with Gasteiger partial charge in [0.05, 0.1) is 4.90 Å². The number of aliphatic imine (C=N–C) groups is 1. The van der Waals surface area contributed by atoms with Crippen molar-refractivity contribution in [3.8, 4) is 0 Å². The summed E-state index contributed by atoms with van der Waals surface area (Å²) in [6.07, 6.45) is 1.37. The number of amidine groups is 1. The Morgan fingerprint density at radius 3 is 2.29 bits per heavy atom. The predicted molar refractivity (Wildman–Crippen MR) is 107 cm³/mol. The zero-order valence-corrected chi connectivity index (χ0v) is 16.2. The Bertz CT molecular complexity index is 1040. The summed E-state index contributed by atoms with van der Waals surface area (Å²) in [5.74, 6) is -1.41. The van der Waals surface area contributed by atoms with Gasteiger partial charge in [0.2, 0.25) is 0 Å². The van der Waals surface area contributed by atoms with Gasteiger partial charge in [0.25, 0.3) is 10.0 Å². The van der Waals surface area contributed by atoms with Crippen LogP contribution >= 0.6 is 11.6 Å². The lowest BCUT2D eigenvalue weighted by atomic mass is 10.3. The number of halogens is 1. The summed E-state index contributed by atoms with van der Waals surface area (Å²) >= 11 is 5.77. The number of carbonyl (C=O) groups is 2. The van der Waals surface area contributed by atoms with Gasteiger partial charge in [-0.2, -0.15) is 0 Å². The Kier molecular flexibility index (Phi) is 5.96. The molecule has 0 bridgehead atoms. The lowest BCUT2D eigenvalue weighted by Crippen LogP contribution is -2.30. The molecule has 0 saturated heterocycles. The zero-order chi connectivity index (χ0) is 20.1. The molecule has 3 N–H and O–H groups in total. The Morgan fingerprint density at radius 2 is 1.64 bits per heavy atom. The summed E-state index contributed by atoms with van der Waals surface area (Å²) in [7, 11) is -3.82. The van der Waals surface area contributed by atoms with Gasteiger partial charge in [0, 0.05) is 29.4 Å². The van der Waals surface area contributed by atoms with Gasteiger partial charge in [-0.1, -0.05) is 17.7 Å². The highest BCUT2D eigenvalue weighted by Gasteiger charge is 2.20. The van der Waals surface area contributed by atoms with Crippen LogP contribution in [0.2, 0.25) is 5.02 Å².